The Bertz CT molecular complexity index is 868. The van der Waals surface area contributed by atoms with Crippen molar-refractivity contribution in [1.82, 2.24) is 4.90 Å². The smallest absolute Gasteiger partial charge is 0.373 e. The molecule has 6 nitrogen and oxygen atoms in total. The maximum atomic E-state index is 12.4. The van der Waals surface area contributed by atoms with Gasteiger partial charge in [-0.3, -0.25) is 4.99 Å². The fourth-order valence-electron chi connectivity index (χ4n) is 2.72. The lowest BCUT2D eigenvalue weighted by Crippen LogP contribution is -2.34. The van der Waals surface area contributed by atoms with E-state index < -0.39 is 11.6 Å². The third kappa shape index (κ3) is 7.35. The van der Waals surface area contributed by atoms with E-state index in [0.717, 1.165) is 11.1 Å². The Morgan fingerprint density at radius 2 is 1.60 bits per heavy atom. The van der Waals surface area contributed by atoms with E-state index in [0.29, 0.717) is 18.7 Å². The summed E-state index contributed by atoms with van der Waals surface area (Å²) in [5.74, 6) is -0.564. The molecule has 0 aliphatic carbocycles. The number of hydrogen-bond donors (Lipinski definition) is 0. The normalized spacial score (nSPS) is 11.7. The molecule has 0 spiro atoms. The van der Waals surface area contributed by atoms with Crippen LogP contribution in [0.5, 0.6) is 0 Å². The van der Waals surface area contributed by atoms with Crippen LogP contribution in [-0.4, -0.2) is 41.9 Å². The van der Waals surface area contributed by atoms with E-state index in [1.165, 1.54) is 0 Å². The summed E-state index contributed by atoms with van der Waals surface area (Å²) in [5, 5.41) is 0. The highest BCUT2D eigenvalue weighted by Gasteiger charge is 2.19. The number of ether oxygens (including phenoxy) is 2. The Morgan fingerprint density at radius 1 is 0.967 bits per heavy atom. The molecule has 160 valence electrons. The predicted molar refractivity (Wildman–Crippen MR) is 117 cm³/mol. The Morgan fingerprint density at radius 3 is 2.17 bits per heavy atom. The maximum absolute atomic E-state index is 12.4. The fourth-order valence-corrected chi connectivity index (χ4v) is 2.72. The molecule has 0 aromatic heterocycles. The van der Waals surface area contributed by atoms with Crippen LogP contribution in [0.1, 0.15) is 49.2 Å². The van der Waals surface area contributed by atoms with E-state index in [1.807, 2.05) is 70.3 Å². The quantitative estimate of drug-likeness (QED) is 0.405. The number of aliphatic imine (C=N–C) groups is 1. The fraction of sp³-hybridized carbons (Fsp3) is 0.375. The van der Waals surface area contributed by atoms with Crippen LogP contribution in [0, 0.1) is 0 Å². The highest BCUT2D eigenvalue weighted by Crippen LogP contribution is 2.14. The molecule has 0 N–H and O–H groups in total. The van der Waals surface area contributed by atoms with Crippen LogP contribution < -0.4 is 0 Å². The lowest BCUT2D eigenvalue weighted by Gasteiger charge is -2.20. The number of amidine groups is 1. The first-order valence-electron chi connectivity index (χ1n) is 9.98. The summed E-state index contributed by atoms with van der Waals surface area (Å²) >= 11 is 0. The molecule has 2 aromatic rings. The minimum atomic E-state index is -0.544. The Labute approximate surface area is 178 Å². The van der Waals surface area contributed by atoms with Gasteiger partial charge in [-0.05, 0) is 51.0 Å². The van der Waals surface area contributed by atoms with Crippen molar-refractivity contribution in [3.05, 3.63) is 71.3 Å². The second kappa shape index (κ2) is 10.6. The van der Waals surface area contributed by atoms with Crippen LogP contribution in [0.15, 0.2) is 59.6 Å². The number of likely N-dealkylation sites (N-methyl/N-ethyl adjacent to an activating group) is 1. The number of rotatable bonds is 6. The van der Waals surface area contributed by atoms with Gasteiger partial charge in [0.15, 0.2) is 0 Å². The molecule has 0 atom stereocenters. The van der Waals surface area contributed by atoms with Crippen LogP contribution in [0.2, 0.25) is 0 Å². The monoisotopic (exact) mass is 410 g/mol. The molecule has 0 saturated heterocycles. The minimum absolute atomic E-state index is 0.261. The highest BCUT2D eigenvalue weighted by molar-refractivity contribution is 6.35. The molecule has 0 radical (unpaired) electrons. The van der Waals surface area contributed by atoms with Gasteiger partial charge in [0, 0.05) is 13.6 Å². The second-order valence-electron chi connectivity index (χ2n) is 7.90. The average molecular weight is 411 g/mol. The zero-order valence-electron chi connectivity index (χ0n) is 18.3. The minimum Gasteiger partial charge on any atom is -0.460 e. The van der Waals surface area contributed by atoms with E-state index in [-0.39, 0.29) is 18.4 Å². The molecule has 0 aliphatic heterocycles. The zero-order valence-corrected chi connectivity index (χ0v) is 18.3. The van der Waals surface area contributed by atoms with Gasteiger partial charge in [-0.1, -0.05) is 42.5 Å². The first kappa shape index (κ1) is 23.1. The van der Waals surface area contributed by atoms with Gasteiger partial charge in [-0.25, -0.2) is 9.59 Å². The molecule has 30 heavy (non-hydrogen) atoms. The molecule has 0 unspecified atom stereocenters. The largest absolute Gasteiger partial charge is 0.460 e. The van der Waals surface area contributed by atoms with E-state index in [4.69, 9.17) is 9.47 Å². The number of esters is 2. The summed E-state index contributed by atoms with van der Waals surface area (Å²) in [5.41, 5.74) is 1.87. The van der Waals surface area contributed by atoms with Crippen molar-refractivity contribution in [3.8, 4) is 0 Å². The summed E-state index contributed by atoms with van der Waals surface area (Å²) in [4.78, 5) is 30.8. The Balaban J connectivity index is 2.12. The van der Waals surface area contributed by atoms with Crippen molar-refractivity contribution in [2.24, 2.45) is 4.99 Å². The van der Waals surface area contributed by atoms with Crippen LogP contribution >= 0.6 is 0 Å². The predicted octanol–water partition coefficient (Wildman–Crippen LogP) is 4.24. The Hall–Kier alpha value is -3.15. The molecular weight excluding hydrogens is 380 g/mol. The van der Waals surface area contributed by atoms with Crippen molar-refractivity contribution in [1.29, 1.82) is 0 Å². The molecule has 6 heteroatoms. The van der Waals surface area contributed by atoms with Gasteiger partial charge in [0.05, 0.1) is 18.7 Å². The van der Waals surface area contributed by atoms with E-state index in [9.17, 15) is 9.59 Å². The number of carbonyl (C=O) groups is 2. The standard InChI is InChI=1S/C24H30N2O4/c1-6-29-23(28)21(26(5)17-19-10-8-7-9-11-19)25-16-18-12-14-20(15-13-18)22(27)30-24(2,3)4/h7-15H,6,16-17H2,1-5H3. The average Bonchev–Trinajstić information content (AvgIpc) is 2.68. The van der Waals surface area contributed by atoms with Gasteiger partial charge in [-0.15, -0.1) is 0 Å². The SMILES string of the molecule is CCOC(=O)C(=NCc1ccc(C(=O)OC(C)(C)C)cc1)N(C)Cc1ccccc1. The number of benzene rings is 2. The van der Waals surface area contributed by atoms with E-state index >= 15 is 0 Å². The number of carbonyl (C=O) groups excluding carboxylic acids is 2. The van der Waals surface area contributed by atoms with Crippen LogP contribution in [0.4, 0.5) is 0 Å². The van der Waals surface area contributed by atoms with Crippen LogP contribution in [0.3, 0.4) is 0 Å². The Kier molecular flexibility index (Phi) is 8.16. The molecule has 2 rings (SSSR count). The molecule has 0 bridgehead atoms. The third-order valence-corrected chi connectivity index (χ3v) is 4.08. The summed E-state index contributed by atoms with van der Waals surface area (Å²) < 4.78 is 10.5. The van der Waals surface area contributed by atoms with Gasteiger partial charge < -0.3 is 14.4 Å². The first-order valence-corrected chi connectivity index (χ1v) is 9.98. The molecule has 2 aromatic carbocycles. The topological polar surface area (TPSA) is 68.2 Å². The first-order chi connectivity index (χ1) is 14.2. The zero-order chi connectivity index (χ0) is 22.1. The van der Waals surface area contributed by atoms with Gasteiger partial charge in [0.1, 0.15) is 5.60 Å². The van der Waals surface area contributed by atoms with Gasteiger partial charge in [0.2, 0.25) is 5.84 Å². The maximum Gasteiger partial charge on any atom is 0.373 e. The van der Waals surface area contributed by atoms with Crippen LogP contribution in [-0.2, 0) is 27.4 Å². The molecule has 0 amide bonds. The van der Waals surface area contributed by atoms with Crippen molar-refractivity contribution in [2.45, 2.75) is 46.4 Å². The van der Waals surface area contributed by atoms with Crippen molar-refractivity contribution >= 4 is 17.8 Å². The van der Waals surface area contributed by atoms with E-state index in [1.54, 1.807) is 24.0 Å². The number of hydrogen-bond acceptors (Lipinski definition) is 5. The molecule has 0 heterocycles. The van der Waals surface area contributed by atoms with Crippen molar-refractivity contribution < 1.29 is 19.1 Å². The lowest BCUT2D eigenvalue weighted by molar-refractivity contribution is -0.135. The van der Waals surface area contributed by atoms with Crippen LogP contribution in [0.25, 0.3) is 0 Å². The molecule has 0 saturated carbocycles. The summed E-state index contributed by atoms with van der Waals surface area (Å²) in [6.07, 6.45) is 0. The summed E-state index contributed by atoms with van der Waals surface area (Å²) in [6, 6.07) is 16.9. The lowest BCUT2D eigenvalue weighted by atomic mass is 10.1. The molecule has 0 aliphatic rings. The van der Waals surface area contributed by atoms with Gasteiger partial charge in [-0.2, -0.15) is 0 Å². The molecule has 0 fully saturated rings. The highest BCUT2D eigenvalue weighted by atomic mass is 16.6. The second-order valence-corrected chi connectivity index (χ2v) is 7.90. The summed E-state index contributed by atoms with van der Waals surface area (Å²) in [6.45, 7) is 8.37. The van der Waals surface area contributed by atoms with Gasteiger partial charge >= 0.3 is 11.9 Å². The van der Waals surface area contributed by atoms with Crippen molar-refractivity contribution in [2.75, 3.05) is 13.7 Å². The van der Waals surface area contributed by atoms with Crippen molar-refractivity contribution in [3.63, 3.8) is 0 Å². The van der Waals surface area contributed by atoms with Gasteiger partial charge in [0.25, 0.3) is 0 Å². The molecular formula is C24H30N2O4. The number of nitrogens with zero attached hydrogens (tertiary/aromatic N) is 2. The summed E-state index contributed by atoms with van der Waals surface area (Å²) in [7, 11) is 1.81. The van der Waals surface area contributed by atoms with E-state index in [2.05, 4.69) is 4.99 Å². The third-order valence-electron chi connectivity index (χ3n) is 4.08.